The molecule has 0 aliphatic heterocycles. The van der Waals surface area contributed by atoms with E-state index >= 15 is 0 Å². The van der Waals surface area contributed by atoms with Gasteiger partial charge in [0.25, 0.3) is 0 Å². The zero-order valence-electron chi connectivity index (χ0n) is 13.2. The molecule has 1 atom stereocenters. The number of aliphatic hydroxyl groups excluding tert-OH is 1. The summed E-state index contributed by atoms with van der Waals surface area (Å²) >= 11 is 0. The van der Waals surface area contributed by atoms with E-state index in [4.69, 9.17) is 0 Å². The van der Waals surface area contributed by atoms with Crippen LogP contribution in [0.4, 0.5) is 10.6 Å². The second kappa shape index (κ2) is 6.26. The van der Waals surface area contributed by atoms with Crippen LogP contribution in [-0.2, 0) is 7.05 Å². The van der Waals surface area contributed by atoms with Crippen LogP contribution >= 0.6 is 0 Å². The summed E-state index contributed by atoms with van der Waals surface area (Å²) in [6.07, 6.45) is -0.472. The van der Waals surface area contributed by atoms with Crippen molar-refractivity contribution in [3.05, 3.63) is 11.8 Å². The monoisotopic (exact) mass is 282 g/mol. The summed E-state index contributed by atoms with van der Waals surface area (Å²) in [5, 5.41) is 19.7. The lowest BCUT2D eigenvalue weighted by molar-refractivity contribution is 0.0154. The minimum Gasteiger partial charge on any atom is -0.392 e. The van der Waals surface area contributed by atoms with E-state index in [2.05, 4.69) is 15.7 Å². The number of aryl methyl sites for hydroxylation is 2. The van der Waals surface area contributed by atoms with Crippen LogP contribution in [0.2, 0.25) is 0 Å². The zero-order chi connectivity index (χ0) is 15.5. The third-order valence-corrected chi connectivity index (χ3v) is 3.49. The molecule has 6 heteroatoms. The minimum absolute atomic E-state index is 0.147. The first-order chi connectivity index (χ1) is 9.13. The van der Waals surface area contributed by atoms with Crippen molar-refractivity contribution in [2.24, 2.45) is 18.4 Å². The lowest BCUT2D eigenvalue weighted by Crippen LogP contribution is -2.44. The predicted octanol–water partition coefficient (Wildman–Crippen LogP) is 1.89. The Kier molecular flexibility index (Phi) is 5.16. The Morgan fingerprint density at radius 3 is 2.55 bits per heavy atom. The molecule has 0 unspecified atom stereocenters. The Bertz CT molecular complexity index is 446. The molecule has 1 heterocycles. The summed E-state index contributed by atoms with van der Waals surface area (Å²) in [4.78, 5) is 11.8. The largest absolute Gasteiger partial charge is 0.392 e. The molecule has 0 radical (unpaired) electrons. The van der Waals surface area contributed by atoms with E-state index in [1.807, 2.05) is 41.7 Å². The van der Waals surface area contributed by atoms with Crippen molar-refractivity contribution in [3.63, 3.8) is 0 Å². The molecule has 0 aliphatic carbocycles. The maximum atomic E-state index is 11.8. The maximum absolute atomic E-state index is 11.8. The van der Waals surface area contributed by atoms with E-state index in [0.717, 1.165) is 5.69 Å². The van der Waals surface area contributed by atoms with Crippen LogP contribution in [-0.4, -0.2) is 33.6 Å². The van der Waals surface area contributed by atoms with Crippen molar-refractivity contribution in [2.75, 3.05) is 11.9 Å². The number of nitrogens with zero attached hydrogens (tertiary/aromatic N) is 2. The highest BCUT2D eigenvalue weighted by Crippen LogP contribution is 2.25. The van der Waals surface area contributed by atoms with Crippen LogP contribution in [0.1, 0.15) is 33.4 Å². The second-order valence-corrected chi connectivity index (χ2v) is 6.28. The topological polar surface area (TPSA) is 79.2 Å². The predicted molar refractivity (Wildman–Crippen MR) is 79.6 cm³/mol. The van der Waals surface area contributed by atoms with Crippen molar-refractivity contribution in [1.29, 1.82) is 0 Å². The number of amides is 2. The van der Waals surface area contributed by atoms with Crippen LogP contribution in [0.5, 0.6) is 0 Å². The van der Waals surface area contributed by atoms with Crippen molar-refractivity contribution in [1.82, 2.24) is 15.1 Å². The van der Waals surface area contributed by atoms with Gasteiger partial charge in [-0.15, -0.1) is 0 Å². The molecule has 0 aromatic carbocycles. The van der Waals surface area contributed by atoms with Gasteiger partial charge < -0.3 is 10.4 Å². The van der Waals surface area contributed by atoms with Crippen LogP contribution in [0, 0.1) is 18.3 Å². The summed E-state index contributed by atoms with van der Waals surface area (Å²) in [6, 6.07) is 1.49. The van der Waals surface area contributed by atoms with Gasteiger partial charge in [-0.3, -0.25) is 10.00 Å². The lowest BCUT2D eigenvalue weighted by atomic mass is 9.81. The SMILES string of the molecule is Cc1cc(NC(=O)NCC(C)(C)[C@@H](O)C(C)C)nn1C. The number of anilines is 1. The van der Waals surface area contributed by atoms with Gasteiger partial charge >= 0.3 is 6.03 Å². The van der Waals surface area contributed by atoms with E-state index in [1.54, 1.807) is 10.7 Å². The van der Waals surface area contributed by atoms with E-state index in [-0.39, 0.29) is 17.4 Å². The molecule has 0 saturated heterocycles. The standard InChI is InChI=1S/C14H26N4O2/c1-9(2)12(19)14(4,5)8-15-13(20)16-11-7-10(3)18(6)17-11/h7,9,12,19H,8H2,1-6H3,(H2,15,16,17,20)/t12-/m0/s1. The highest BCUT2D eigenvalue weighted by Gasteiger charge is 2.30. The second-order valence-electron chi connectivity index (χ2n) is 6.28. The normalized spacial score (nSPS) is 13.4. The highest BCUT2D eigenvalue weighted by molar-refractivity contribution is 5.88. The van der Waals surface area contributed by atoms with Gasteiger partial charge in [-0.2, -0.15) is 5.10 Å². The number of carbonyl (C=O) groups is 1. The van der Waals surface area contributed by atoms with Gasteiger partial charge in [-0.25, -0.2) is 4.79 Å². The first-order valence-corrected chi connectivity index (χ1v) is 6.87. The highest BCUT2D eigenvalue weighted by atomic mass is 16.3. The summed E-state index contributed by atoms with van der Waals surface area (Å²) in [7, 11) is 1.82. The quantitative estimate of drug-likeness (QED) is 0.771. The fourth-order valence-corrected chi connectivity index (χ4v) is 2.10. The van der Waals surface area contributed by atoms with Gasteiger partial charge in [0.05, 0.1) is 6.10 Å². The molecular weight excluding hydrogens is 256 g/mol. The van der Waals surface area contributed by atoms with Crippen molar-refractivity contribution >= 4 is 11.8 Å². The minimum atomic E-state index is -0.472. The first kappa shape index (κ1) is 16.5. The number of rotatable bonds is 5. The number of hydrogen-bond donors (Lipinski definition) is 3. The molecule has 1 rings (SSSR count). The number of hydrogen-bond acceptors (Lipinski definition) is 3. The van der Waals surface area contributed by atoms with Crippen LogP contribution in [0.3, 0.4) is 0 Å². The average molecular weight is 282 g/mol. The average Bonchev–Trinajstić information content (AvgIpc) is 2.64. The van der Waals surface area contributed by atoms with Crippen molar-refractivity contribution in [3.8, 4) is 0 Å². The Morgan fingerprint density at radius 1 is 1.50 bits per heavy atom. The van der Waals surface area contributed by atoms with E-state index in [9.17, 15) is 9.90 Å². The molecule has 0 spiro atoms. The lowest BCUT2D eigenvalue weighted by Gasteiger charge is -2.33. The molecule has 6 nitrogen and oxygen atoms in total. The molecule has 0 bridgehead atoms. The van der Waals surface area contributed by atoms with Crippen molar-refractivity contribution < 1.29 is 9.90 Å². The number of nitrogens with one attached hydrogen (secondary N) is 2. The summed E-state index contributed by atoms with van der Waals surface area (Å²) < 4.78 is 1.70. The van der Waals surface area contributed by atoms with Gasteiger partial charge in [-0.05, 0) is 12.8 Å². The van der Waals surface area contributed by atoms with Gasteiger partial charge in [0, 0.05) is 30.8 Å². The molecule has 1 aromatic rings. The van der Waals surface area contributed by atoms with Gasteiger partial charge in [0.1, 0.15) is 0 Å². The Hall–Kier alpha value is -1.56. The third kappa shape index (κ3) is 4.23. The number of urea groups is 1. The van der Waals surface area contributed by atoms with Crippen LogP contribution in [0.15, 0.2) is 6.07 Å². The molecule has 20 heavy (non-hydrogen) atoms. The van der Waals surface area contributed by atoms with Gasteiger partial charge in [0.2, 0.25) is 0 Å². The smallest absolute Gasteiger partial charge is 0.320 e. The number of aliphatic hydroxyl groups is 1. The van der Waals surface area contributed by atoms with E-state index in [0.29, 0.717) is 12.4 Å². The summed E-state index contributed by atoms with van der Waals surface area (Å²) in [6.45, 7) is 10.1. The van der Waals surface area contributed by atoms with Crippen LogP contribution in [0.25, 0.3) is 0 Å². The molecular formula is C14H26N4O2. The molecule has 1 aromatic heterocycles. The number of carbonyl (C=O) groups excluding carboxylic acids is 1. The first-order valence-electron chi connectivity index (χ1n) is 6.87. The number of aromatic nitrogens is 2. The summed E-state index contributed by atoms with van der Waals surface area (Å²) in [5.74, 6) is 0.665. The zero-order valence-corrected chi connectivity index (χ0v) is 13.2. The molecule has 114 valence electrons. The summed E-state index contributed by atoms with van der Waals surface area (Å²) in [5.41, 5.74) is 0.585. The Morgan fingerprint density at radius 2 is 2.10 bits per heavy atom. The molecule has 0 aliphatic rings. The Balaban J connectivity index is 2.51. The molecule has 0 fully saturated rings. The van der Waals surface area contributed by atoms with E-state index < -0.39 is 6.10 Å². The maximum Gasteiger partial charge on any atom is 0.320 e. The fourth-order valence-electron chi connectivity index (χ4n) is 2.10. The van der Waals surface area contributed by atoms with E-state index in [1.165, 1.54) is 0 Å². The Labute approximate surface area is 120 Å². The fraction of sp³-hybridized carbons (Fsp3) is 0.714. The molecule has 2 amide bonds. The van der Waals surface area contributed by atoms with Gasteiger partial charge in [0.15, 0.2) is 5.82 Å². The van der Waals surface area contributed by atoms with Gasteiger partial charge in [-0.1, -0.05) is 27.7 Å². The van der Waals surface area contributed by atoms with Crippen LogP contribution < -0.4 is 10.6 Å². The van der Waals surface area contributed by atoms with Crippen molar-refractivity contribution in [2.45, 2.75) is 40.7 Å². The molecule has 3 N–H and O–H groups in total. The molecule has 0 saturated carbocycles. The third-order valence-electron chi connectivity index (χ3n) is 3.49.